The lowest BCUT2D eigenvalue weighted by Crippen LogP contribution is -2.47. The van der Waals surface area contributed by atoms with E-state index in [0.29, 0.717) is 35.8 Å². The van der Waals surface area contributed by atoms with Crippen LogP contribution in [0, 0.1) is 5.41 Å². The van der Waals surface area contributed by atoms with Crippen LogP contribution in [0.4, 0.5) is 5.69 Å². The third kappa shape index (κ3) is 3.43. The number of rotatable bonds is 4. The minimum Gasteiger partial charge on any atom is -0.448 e. The summed E-state index contributed by atoms with van der Waals surface area (Å²) < 4.78 is 12.2. The molecule has 138 valence electrons. The quantitative estimate of drug-likeness (QED) is 0.902. The van der Waals surface area contributed by atoms with Gasteiger partial charge in [-0.1, -0.05) is 20.8 Å². The van der Waals surface area contributed by atoms with E-state index in [1.165, 1.54) is 6.92 Å². The molecule has 0 saturated carbocycles. The van der Waals surface area contributed by atoms with Crippen LogP contribution < -0.4 is 14.8 Å². The normalized spacial score (nSPS) is 18.8. The van der Waals surface area contributed by atoms with Gasteiger partial charge in [0.1, 0.15) is 5.56 Å². The highest BCUT2D eigenvalue weighted by Crippen LogP contribution is 2.50. The first-order valence-corrected chi connectivity index (χ1v) is 8.66. The maximum absolute atomic E-state index is 13.1. The molecular formula is C19H28N2O4. The first-order chi connectivity index (χ1) is 11.5. The van der Waals surface area contributed by atoms with Crippen LogP contribution >= 0.6 is 0 Å². The molecule has 6 heteroatoms. The topological polar surface area (TPSA) is 67.9 Å². The van der Waals surface area contributed by atoms with Gasteiger partial charge in [-0.25, -0.2) is 0 Å². The number of amides is 2. The summed E-state index contributed by atoms with van der Waals surface area (Å²) in [7, 11) is 0. The molecule has 2 amide bonds. The molecule has 1 N–H and O–H groups in total. The Labute approximate surface area is 149 Å². The third-order valence-corrected chi connectivity index (χ3v) is 4.66. The van der Waals surface area contributed by atoms with Gasteiger partial charge in [-0.2, -0.15) is 0 Å². The molecule has 0 radical (unpaired) electrons. The lowest BCUT2D eigenvalue weighted by molar-refractivity contribution is -0.142. The van der Waals surface area contributed by atoms with Gasteiger partial charge in [-0.05, 0) is 26.0 Å². The van der Waals surface area contributed by atoms with Crippen LogP contribution in [0.25, 0.3) is 0 Å². The molecule has 1 heterocycles. The summed E-state index contributed by atoms with van der Waals surface area (Å²) in [5.41, 5.74) is 0.463. The Balaban J connectivity index is 2.59. The molecule has 2 rings (SSSR count). The third-order valence-electron chi connectivity index (χ3n) is 4.66. The Kier molecular flexibility index (Phi) is 5.02. The monoisotopic (exact) mass is 348 g/mol. The summed E-state index contributed by atoms with van der Waals surface area (Å²) in [5.74, 6) is -0.427. The molecule has 1 aromatic carbocycles. The summed E-state index contributed by atoms with van der Waals surface area (Å²) in [6.45, 7) is 14.3. The van der Waals surface area contributed by atoms with Gasteiger partial charge in [0.05, 0.1) is 5.69 Å². The molecule has 1 aliphatic rings. The highest BCUT2D eigenvalue weighted by molar-refractivity contribution is 6.06. The lowest BCUT2D eigenvalue weighted by Gasteiger charge is -2.36. The molecule has 0 saturated heterocycles. The molecule has 1 atom stereocenters. The van der Waals surface area contributed by atoms with E-state index in [1.54, 1.807) is 17.0 Å². The van der Waals surface area contributed by atoms with Crippen molar-refractivity contribution in [1.29, 1.82) is 0 Å². The van der Waals surface area contributed by atoms with Crippen molar-refractivity contribution in [3.63, 3.8) is 0 Å². The second kappa shape index (κ2) is 6.58. The van der Waals surface area contributed by atoms with Crippen LogP contribution in [-0.4, -0.2) is 35.6 Å². The van der Waals surface area contributed by atoms with Gasteiger partial charge in [0.15, 0.2) is 11.5 Å². The SMILES string of the molecule is CCN(CC)C(=O)c1c(NC(C)=O)ccc2c1OC(C)(C(C)(C)C)O2. The van der Waals surface area contributed by atoms with E-state index in [2.05, 4.69) is 5.32 Å². The van der Waals surface area contributed by atoms with Gasteiger partial charge in [0.25, 0.3) is 11.7 Å². The van der Waals surface area contributed by atoms with Crippen molar-refractivity contribution in [3.05, 3.63) is 17.7 Å². The predicted octanol–water partition coefficient (Wildman–Crippen LogP) is 3.66. The van der Waals surface area contributed by atoms with E-state index < -0.39 is 5.79 Å². The Morgan fingerprint density at radius 2 is 1.76 bits per heavy atom. The van der Waals surface area contributed by atoms with Gasteiger partial charge < -0.3 is 19.7 Å². The van der Waals surface area contributed by atoms with Crippen LogP contribution in [0.1, 0.15) is 58.8 Å². The van der Waals surface area contributed by atoms with E-state index >= 15 is 0 Å². The molecule has 1 unspecified atom stereocenters. The lowest BCUT2D eigenvalue weighted by atomic mass is 9.87. The predicted molar refractivity (Wildman–Crippen MR) is 97.1 cm³/mol. The van der Waals surface area contributed by atoms with E-state index in [0.717, 1.165) is 0 Å². The maximum Gasteiger partial charge on any atom is 0.259 e. The fraction of sp³-hybridized carbons (Fsp3) is 0.579. The summed E-state index contributed by atoms with van der Waals surface area (Å²) in [6, 6.07) is 3.42. The summed E-state index contributed by atoms with van der Waals surface area (Å²) >= 11 is 0. The average molecular weight is 348 g/mol. The fourth-order valence-corrected chi connectivity index (χ4v) is 2.65. The zero-order valence-electron chi connectivity index (χ0n) is 16.1. The van der Waals surface area contributed by atoms with Crippen molar-refractivity contribution in [2.75, 3.05) is 18.4 Å². The number of fused-ring (bicyclic) bond motifs is 1. The number of nitrogens with one attached hydrogen (secondary N) is 1. The molecule has 0 spiro atoms. The molecular weight excluding hydrogens is 320 g/mol. The first kappa shape index (κ1) is 19.1. The highest BCUT2D eigenvalue weighted by Gasteiger charge is 2.49. The molecule has 0 bridgehead atoms. The molecule has 6 nitrogen and oxygen atoms in total. The smallest absolute Gasteiger partial charge is 0.259 e. The Hall–Kier alpha value is -2.24. The minimum absolute atomic E-state index is 0.188. The zero-order chi connectivity index (χ0) is 19.0. The number of hydrogen-bond donors (Lipinski definition) is 1. The van der Waals surface area contributed by atoms with Crippen molar-refractivity contribution in [2.24, 2.45) is 5.41 Å². The zero-order valence-corrected chi connectivity index (χ0v) is 16.1. The van der Waals surface area contributed by atoms with Crippen LogP contribution in [0.5, 0.6) is 11.5 Å². The molecule has 0 fully saturated rings. The number of carbonyl (C=O) groups excluding carboxylic acids is 2. The van der Waals surface area contributed by atoms with Gasteiger partial charge in [0, 0.05) is 32.4 Å². The van der Waals surface area contributed by atoms with E-state index in [-0.39, 0.29) is 17.2 Å². The summed E-state index contributed by atoms with van der Waals surface area (Å²) in [6.07, 6.45) is 0. The summed E-state index contributed by atoms with van der Waals surface area (Å²) in [4.78, 5) is 26.3. The Morgan fingerprint density at radius 3 is 2.24 bits per heavy atom. The second-order valence-corrected chi connectivity index (χ2v) is 7.37. The van der Waals surface area contributed by atoms with E-state index in [1.807, 2.05) is 41.5 Å². The number of ether oxygens (including phenoxy) is 2. The molecule has 1 aromatic rings. The Morgan fingerprint density at radius 1 is 1.16 bits per heavy atom. The molecule has 25 heavy (non-hydrogen) atoms. The molecule has 1 aliphatic heterocycles. The largest absolute Gasteiger partial charge is 0.448 e. The molecule has 0 aliphatic carbocycles. The fourth-order valence-electron chi connectivity index (χ4n) is 2.65. The van der Waals surface area contributed by atoms with Crippen molar-refractivity contribution in [3.8, 4) is 11.5 Å². The standard InChI is InChI=1S/C19H28N2O4/c1-8-21(9-2)17(23)15-13(20-12(3)22)10-11-14-16(15)25-19(7,24-14)18(4,5)6/h10-11H,8-9H2,1-7H3,(H,20,22). The average Bonchev–Trinajstić information content (AvgIpc) is 2.85. The van der Waals surface area contributed by atoms with Gasteiger partial charge in [-0.3, -0.25) is 9.59 Å². The number of nitrogens with zero attached hydrogens (tertiary/aromatic N) is 1. The minimum atomic E-state index is -0.900. The van der Waals surface area contributed by atoms with Crippen LogP contribution in [0.15, 0.2) is 12.1 Å². The molecule has 0 aromatic heterocycles. The van der Waals surface area contributed by atoms with Crippen molar-refractivity contribution >= 4 is 17.5 Å². The van der Waals surface area contributed by atoms with Crippen LogP contribution in [0.3, 0.4) is 0 Å². The van der Waals surface area contributed by atoms with Crippen LogP contribution in [0.2, 0.25) is 0 Å². The van der Waals surface area contributed by atoms with E-state index in [9.17, 15) is 9.59 Å². The van der Waals surface area contributed by atoms with Crippen molar-refractivity contribution in [1.82, 2.24) is 4.90 Å². The number of benzene rings is 1. The highest BCUT2D eigenvalue weighted by atomic mass is 16.7. The van der Waals surface area contributed by atoms with Gasteiger partial charge in [-0.15, -0.1) is 0 Å². The van der Waals surface area contributed by atoms with E-state index in [4.69, 9.17) is 9.47 Å². The number of hydrogen-bond acceptors (Lipinski definition) is 4. The van der Waals surface area contributed by atoms with Crippen molar-refractivity contribution in [2.45, 2.75) is 54.3 Å². The number of carbonyl (C=O) groups is 2. The van der Waals surface area contributed by atoms with Crippen molar-refractivity contribution < 1.29 is 19.1 Å². The maximum atomic E-state index is 13.1. The van der Waals surface area contributed by atoms with Gasteiger partial charge >= 0.3 is 0 Å². The Bertz CT molecular complexity index is 689. The van der Waals surface area contributed by atoms with Gasteiger partial charge in [0.2, 0.25) is 5.91 Å². The first-order valence-electron chi connectivity index (χ1n) is 8.66. The number of anilines is 1. The second-order valence-electron chi connectivity index (χ2n) is 7.37. The summed E-state index contributed by atoms with van der Waals surface area (Å²) in [5, 5.41) is 2.73. The van der Waals surface area contributed by atoms with Crippen LogP contribution in [-0.2, 0) is 4.79 Å².